The van der Waals surface area contributed by atoms with Gasteiger partial charge in [-0.05, 0) is 35.8 Å². The van der Waals surface area contributed by atoms with Gasteiger partial charge in [-0.3, -0.25) is 5.21 Å². The zero-order chi connectivity index (χ0) is 8.60. The molecule has 2 aliphatic rings. The van der Waals surface area contributed by atoms with Gasteiger partial charge in [0.1, 0.15) is 0 Å². The first kappa shape index (κ1) is 8.09. The zero-order valence-corrected chi connectivity index (χ0v) is 7.79. The van der Waals surface area contributed by atoms with Crippen LogP contribution >= 0.6 is 0 Å². The maximum absolute atomic E-state index is 9.14. The quantitative estimate of drug-likeness (QED) is 0.275. The second-order valence-electron chi connectivity index (χ2n) is 4.44. The molecule has 0 heterocycles. The molecule has 0 saturated heterocycles. The van der Waals surface area contributed by atoms with Gasteiger partial charge in [-0.15, -0.1) is 0 Å². The Hall–Kier alpha value is -0.530. The van der Waals surface area contributed by atoms with Crippen LogP contribution in [0.2, 0.25) is 0 Å². The van der Waals surface area contributed by atoms with Crippen LogP contribution in [0.25, 0.3) is 0 Å². The minimum absolute atomic E-state index is 0.620. The van der Waals surface area contributed by atoms with Crippen molar-refractivity contribution in [2.45, 2.75) is 38.5 Å². The van der Waals surface area contributed by atoms with E-state index in [0.717, 1.165) is 0 Å². The zero-order valence-electron chi connectivity index (χ0n) is 7.79. The van der Waals surface area contributed by atoms with Crippen LogP contribution in [0.15, 0.2) is 0 Å². The third-order valence-electron chi connectivity index (χ3n) is 3.51. The maximum Gasteiger partial charge on any atom is 0.195 e. The summed E-state index contributed by atoms with van der Waals surface area (Å²) in [6.07, 6.45) is 10.2. The average Bonchev–Trinajstić information content (AvgIpc) is 2.75. The van der Waals surface area contributed by atoms with Crippen LogP contribution in [0.5, 0.6) is 0 Å². The van der Waals surface area contributed by atoms with E-state index in [1.165, 1.54) is 43.3 Å². The van der Waals surface area contributed by atoms with E-state index in [0.29, 0.717) is 11.3 Å². The first-order chi connectivity index (χ1) is 5.73. The van der Waals surface area contributed by atoms with Gasteiger partial charge in [0.25, 0.3) is 0 Å². The van der Waals surface area contributed by atoms with Crippen molar-refractivity contribution in [2.24, 2.45) is 11.3 Å². The summed E-state index contributed by atoms with van der Waals surface area (Å²) in [4.78, 5) is 0. The van der Waals surface area contributed by atoms with Gasteiger partial charge in [0, 0.05) is 5.92 Å². The van der Waals surface area contributed by atoms with Crippen molar-refractivity contribution in [1.82, 2.24) is 0 Å². The first-order valence-corrected chi connectivity index (χ1v) is 5.00. The van der Waals surface area contributed by atoms with Crippen LogP contribution in [0, 0.1) is 11.3 Å². The summed E-state index contributed by atoms with van der Waals surface area (Å²) in [5.74, 6) is 0.654. The van der Waals surface area contributed by atoms with Crippen molar-refractivity contribution in [3.05, 3.63) is 0 Å². The van der Waals surface area contributed by atoms with E-state index in [1.807, 2.05) is 6.21 Å². The lowest BCUT2D eigenvalue weighted by Crippen LogP contribution is -2.25. The molecule has 0 aromatic carbocycles. The molecule has 2 rings (SSSR count). The third-order valence-corrected chi connectivity index (χ3v) is 3.51. The summed E-state index contributed by atoms with van der Waals surface area (Å²) < 4.78 is 1.25. The second-order valence-corrected chi connectivity index (χ2v) is 4.44. The van der Waals surface area contributed by atoms with E-state index in [4.69, 9.17) is 5.21 Å². The molecule has 0 amide bonds. The van der Waals surface area contributed by atoms with Crippen molar-refractivity contribution in [1.29, 1.82) is 0 Å². The third kappa shape index (κ3) is 1.35. The van der Waals surface area contributed by atoms with Crippen LogP contribution in [0.4, 0.5) is 0 Å². The number of hydroxylamine groups is 1. The summed E-state index contributed by atoms with van der Waals surface area (Å²) in [5, 5.41) is 9.14. The average molecular weight is 168 g/mol. The molecular weight excluding hydrogens is 150 g/mol. The normalized spacial score (nSPS) is 33.8. The standard InChI is InChI=1S/C10H18NO/c1-11(12)8-9-4-2-3-5-10(9)6-7-10/h8-9,12H,2-7H2,1H3/q+1. The minimum Gasteiger partial charge on any atom is -0.291 e. The maximum atomic E-state index is 9.14. The van der Waals surface area contributed by atoms with Gasteiger partial charge in [-0.1, -0.05) is 12.8 Å². The molecule has 2 aliphatic carbocycles. The van der Waals surface area contributed by atoms with Crippen LogP contribution in [0.3, 0.4) is 0 Å². The molecule has 12 heavy (non-hydrogen) atoms. The van der Waals surface area contributed by atoms with Crippen molar-refractivity contribution in [3.8, 4) is 0 Å². The van der Waals surface area contributed by atoms with Crippen molar-refractivity contribution >= 4 is 6.21 Å². The SMILES string of the molecule is C[N+](O)=CC1CCCCC12CC2. The smallest absolute Gasteiger partial charge is 0.195 e. The Morgan fingerprint density at radius 3 is 2.67 bits per heavy atom. The van der Waals surface area contributed by atoms with E-state index in [1.54, 1.807) is 7.05 Å². The van der Waals surface area contributed by atoms with E-state index >= 15 is 0 Å². The number of hydrogen-bond acceptors (Lipinski definition) is 1. The highest BCUT2D eigenvalue weighted by Gasteiger charge is 2.50. The van der Waals surface area contributed by atoms with Gasteiger partial charge >= 0.3 is 0 Å². The summed E-state index contributed by atoms with van der Waals surface area (Å²) in [6, 6.07) is 0. The topological polar surface area (TPSA) is 23.2 Å². The van der Waals surface area contributed by atoms with Gasteiger partial charge in [0.2, 0.25) is 0 Å². The van der Waals surface area contributed by atoms with Crippen LogP contribution in [0.1, 0.15) is 38.5 Å². The summed E-state index contributed by atoms with van der Waals surface area (Å²) in [6.45, 7) is 0. The highest BCUT2D eigenvalue weighted by molar-refractivity contribution is 5.57. The molecule has 1 spiro atoms. The Kier molecular flexibility index (Phi) is 1.85. The fraction of sp³-hybridized carbons (Fsp3) is 0.900. The predicted molar refractivity (Wildman–Crippen MR) is 47.7 cm³/mol. The Morgan fingerprint density at radius 1 is 1.33 bits per heavy atom. The molecule has 0 aliphatic heterocycles. The van der Waals surface area contributed by atoms with Gasteiger partial charge in [0.05, 0.1) is 0 Å². The van der Waals surface area contributed by atoms with Crippen molar-refractivity contribution < 1.29 is 9.95 Å². The largest absolute Gasteiger partial charge is 0.291 e. The second kappa shape index (κ2) is 2.75. The lowest BCUT2D eigenvalue weighted by atomic mass is 9.77. The minimum atomic E-state index is 0.620. The molecular formula is C10H18NO+. The molecule has 0 bridgehead atoms. The van der Waals surface area contributed by atoms with Crippen LogP contribution < -0.4 is 0 Å². The van der Waals surface area contributed by atoms with Crippen LogP contribution in [-0.2, 0) is 0 Å². The van der Waals surface area contributed by atoms with Gasteiger partial charge < -0.3 is 0 Å². The Morgan fingerprint density at radius 2 is 2.08 bits per heavy atom. The molecule has 0 aromatic rings. The van der Waals surface area contributed by atoms with E-state index in [-0.39, 0.29) is 0 Å². The molecule has 1 N–H and O–H groups in total. The fourth-order valence-electron chi connectivity index (χ4n) is 2.61. The van der Waals surface area contributed by atoms with Gasteiger partial charge in [0.15, 0.2) is 13.3 Å². The predicted octanol–water partition coefficient (Wildman–Crippen LogP) is 2.06. The highest BCUT2D eigenvalue weighted by atomic mass is 16.5. The monoisotopic (exact) mass is 168 g/mol. The number of hydrogen-bond donors (Lipinski definition) is 1. The molecule has 0 radical (unpaired) electrons. The molecule has 2 fully saturated rings. The van der Waals surface area contributed by atoms with Crippen LogP contribution in [-0.4, -0.2) is 23.2 Å². The van der Waals surface area contributed by atoms with Gasteiger partial charge in [-0.2, -0.15) is 0 Å². The fourth-order valence-corrected chi connectivity index (χ4v) is 2.61. The molecule has 2 heteroatoms. The first-order valence-electron chi connectivity index (χ1n) is 5.00. The van der Waals surface area contributed by atoms with E-state index in [9.17, 15) is 0 Å². The molecule has 2 saturated carbocycles. The summed E-state index contributed by atoms with van der Waals surface area (Å²) >= 11 is 0. The van der Waals surface area contributed by atoms with Crippen molar-refractivity contribution in [2.75, 3.05) is 7.05 Å². The van der Waals surface area contributed by atoms with E-state index in [2.05, 4.69) is 0 Å². The van der Waals surface area contributed by atoms with E-state index < -0.39 is 0 Å². The molecule has 68 valence electrons. The lowest BCUT2D eigenvalue weighted by molar-refractivity contribution is -0.752. The number of nitrogens with zero attached hydrogens (tertiary/aromatic N) is 1. The summed E-state index contributed by atoms with van der Waals surface area (Å²) in [5.41, 5.74) is 0.620. The lowest BCUT2D eigenvalue weighted by Gasteiger charge is -2.26. The Balaban J connectivity index is 2.07. The molecule has 1 atom stereocenters. The summed E-state index contributed by atoms with van der Waals surface area (Å²) in [7, 11) is 1.71. The Bertz CT molecular complexity index is 202. The Labute approximate surface area is 73.9 Å². The highest BCUT2D eigenvalue weighted by Crippen LogP contribution is 2.58. The molecule has 1 unspecified atom stereocenters. The number of rotatable bonds is 1. The molecule has 2 nitrogen and oxygen atoms in total. The molecule has 0 aromatic heterocycles. The van der Waals surface area contributed by atoms with Crippen molar-refractivity contribution in [3.63, 3.8) is 0 Å². The van der Waals surface area contributed by atoms with Gasteiger partial charge in [-0.25, -0.2) is 0 Å².